The van der Waals surface area contributed by atoms with Crippen molar-refractivity contribution in [3.8, 4) is 0 Å². The molecule has 0 aromatic carbocycles. The first-order valence-electron chi connectivity index (χ1n) is 3.04. The van der Waals surface area contributed by atoms with Gasteiger partial charge in [0.2, 0.25) is 0 Å². The highest BCUT2D eigenvalue weighted by Gasteiger charge is 2.03. The molecule has 0 aliphatic carbocycles. The molecule has 0 saturated heterocycles. The molecule has 0 rings (SSSR count). The number of ether oxygens (including phenoxy) is 1. The van der Waals surface area contributed by atoms with Crippen molar-refractivity contribution < 1.29 is 9.53 Å². The van der Waals surface area contributed by atoms with E-state index in [1.54, 1.807) is 13.8 Å². The lowest BCUT2D eigenvalue weighted by atomic mass is 10.4. The van der Waals surface area contributed by atoms with Crippen LogP contribution in [0.2, 0.25) is 0 Å². The van der Waals surface area contributed by atoms with E-state index in [1.165, 1.54) is 6.20 Å². The van der Waals surface area contributed by atoms with Crippen LogP contribution in [0.15, 0.2) is 17.8 Å². The summed E-state index contributed by atoms with van der Waals surface area (Å²) in [6.45, 7) is 7.06. The summed E-state index contributed by atoms with van der Waals surface area (Å²) in [5, 5.41) is 0. The van der Waals surface area contributed by atoms with Crippen LogP contribution < -0.4 is 0 Å². The fraction of sp³-hybridized carbons (Fsp3) is 0.429. The largest absolute Gasteiger partial charge is 0.462 e. The van der Waals surface area contributed by atoms with E-state index in [0.717, 1.165) is 0 Å². The first kappa shape index (κ1) is 8.88. The van der Waals surface area contributed by atoms with Crippen LogP contribution in [-0.4, -0.2) is 18.3 Å². The Labute approximate surface area is 60.4 Å². The summed E-state index contributed by atoms with van der Waals surface area (Å²) < 4.78 is 4.64. The molecule has 0 atom stereocenters. The lowest BCUT2D eigenvalue weighted by molar-refractivity contribution is -0.135. The SMILES string of the molecule is C=C/N=C(\C)C(=O)OCC. The van der Waals surface area contributed by atoms with E-state index in [0.29, 0.717) is 12.3 Å². The minimum Gasteiger partial charge on any atom is -0.462 e. The van der Waals surface area contributed by atoms with Crippen molar-refractivity contribution in [1.29, 1.82) is 0 Å². The van der Waals surface area contributed by atoms with Crippen LogP contribution in [0.3, 0.4) is 0 Å². The molecule has 0 aliphatic rings. The van der Waals surface area contributed by atoms with Gasteiger partial charge in [-0.05, 0) is 13.8 Å². The second kappa shape index (κ2) is 4.73. The zero-order chi connectivity index (χ0) is 7.98. The van der Waals surface area contributed by atoms with Gasteiger partial charge in [-0.3, -0.25) is 4.99 Å². The van der Waals surface area contributed by atoms with Crippen molar-refractivity contribution in [3.63, 3.8) is 0 Å². The summed E-state index contributed by atoms with van der Waals surface area (Å²) in [4.78, 5) is 14.4. The van der Waals surface area contributed by atoms with E-state index in [-0.39, 0.29) is 5.97 Å². The summed E-state index contributed by atoms with van der Waals surface area (Å²) in [5.74, 6) is -0.387. The van der Waals surface area contributed by atoms with Gasteiger partial charge in [-0.2, -0.15) is 0 Å². The van der Waals surface area contributed by atoms with Crippen molar-refractivity contribution in [2.24, 2.45) is 4.99 Å². The summed E-state index contributed by atoms with van der Waals surface area (Å²) in [6.07, 6.45) is 1.31. The van der Waals surface area contributed by atoms with Crippen molar-refractivity contribution in [3.05, 3.63) is 12.8 Å². The van der Waals surface area contributed by atoms with Gasteiger partial charge < -0.3 is 4.74 Å². The summed E-state index contributed by atoms with van der Waals surface area (Å²) >= 11 is 0. The van der Waals surface area contributed by atoms with Crippen LogP contribution in [0.5, 0.6) is 0 Å². The Morgan fingerprint density at radius 2 is 2.40 bits per heavy atom. The summed E-state index contributed by atoms with van der Waals surface area (Å²) in [6, 6.07) is 0. The maximum atomic E-state index is 10.7. The molecule has 0 saturated carbocycles. The number of aliphatic imine (C=N–C) groups is 1. The molecule has 3 nitrogen and oxygen atoms in total. The second-order valence-corrected chi connectivity index (χ2v) is 1.62. The van der Waals surface area contributed by atoms with E-state index in [9.17, 15) is 4.79 Å². The number of carbonyl (C=O) groups excluding carboxylic acids is 1. The lowest BCUT2D eigenvalue weighted by Crippen LogP contribution is -2.13. The third kappa shape index (κ3) is 3.02. The highest BCUT2D eigenvalue weighted by molar-refractivity contribution is 6.35. The van der Waals surface area contributed by atoms with Gasteiger partial charge in [0.15, 0.2) is 0 Å². The van der Waals surface area contributed by atoms with Gasteiger partial charge in [0, 0.05) is 6.20 Å². The number of rotatable bonds is 3. The molecule has 56 valence electrons. The molecule has 0 unspecified atom stereocenters. The Hall–Kier alpha value is -1.12. The van der Waals surface area contributed by atoms with Crippen LogP contribution in [-0.2, 0) is 9.53 Å². The zero-order valence-electron chi connectivity index (χ0n) is 6.26. The van der Waals surface area contributed by atoms with Gasteiger partial charge in [-0.15, -0.1) is 0 Å². The predicted molar refractivity (Wildman–Crippen MR) is 39.9 cm³/mol. The maximum absolute atomic E-state index is 10.7. The number of carbonyl (C=O) groups is 1. The quantitative estimate of drug-likeness (QED) is 0.437. The molecular weight excluding hydrogens is 130 g/mol. The summed E-state index contributed by atoms with van der Waals surface area (Å²) in [7, 11) is 0. The van der Waals surface area contributed by atoms with Crippen molar-refractivity contribution in [2.45, 2.75) is 13.8 Å². The average Bonchev–Trinajstić information content (AvgIpc) is 1.89. The lowest BCUT2D eigenvalue weighted by Gasteiger charge is -1.97. The van der Waals surface area contributed by atoms with Crippen molar-refractivity contribution in [1.82, 2.24) is 0 Å². The molecule has 0 aliphatic heterocycles. The van der Waals surface area contributed by atoms with E-state index in [2.05, 4.69) is 16.3 Å². The maximum Gasteiger partial charge on any atom is 0.352 e. The van der Waals surface area contributed by atoms with E-state index in [1.807, 2.05) is 0 Å². The first-order chi connectivity index (χ1) is 4.72. The Bertz CT molecular complexity index is 161. The Kier molecular flexibility index (Phi) is 4.20. The van der Waals surface area contributed by atoms with Crippen LogP contribution in [0.25, 0.3) is 0 Å². The molecule has 0 amide bonds. The molecule has 0 aromatic rings. The Morgan fingerprint density at radius 3 is 2.80 bits per heavy atom. The number of nitrogens with zero attached hydrogens (tertiary/aromatic N) is 1. The highest BCUT2D eigenvalue weighted by Crippen LogP contribution is 1.84. The molecule has 0 spiro atoms. The standard InChI is InChI=1S/C7H11NO2/c1-4-8-6(3)7(9)10-5-2/h4H,1,5H2,2-3H3/b8-6+. The molecule has 10 heavy (non-hydrogen) atoms. The fourth-order valence-electron chi connectivity index (χ4n) is 0.425. The predicted octanol–water partition coefficient (Wildman–Crippen LogP) is 1.15. The van der Waals surface area contributed by atoms with Crippen molar-refractivity contribution >= 4 is 11.7 Å². The highest BCUT2D eigenvalue weighted by atomic mass is 16.5. The van der Waals surface area contributed by atoms with Crippen LogP contribution in [0, 0.1) is 0 Å². The molecule has 0 radical (unpaired) electrons. The Morgan fingerprint density at radius 1 is 1.80 bits per heavy atom. The van der Waals surface area contributed by atoms with Gasteiger partial charge >= 0.3 is 5.97 Å². The van der Waals surface area contributed by atoms with Crippen molar-refractivity contribution in [2.75, 3.05) is 6.61 Å². The molecule has 3 heteroatoms. The smallest absolute Gasteiger partial charge is 0.352 e. The molecule has 0 aromatic heterocycles. The van der Waals surface area contributed by atoms with Crippen LogP contribution in [0.4, 0.5) is 0 Å². The number of hydrogen-bond acceptors (Lipinski definition) is 3. The Balaban J connectivity index is 3.93. The number of esters is 1. The molecule has 0 fully saturated rings. The molecule has 0 heterocycles. The molecular formula is C7H11NO2. The topological polar surface area (TPSA) is 38.7 Å². The van der Waals surface area contributed by atoms with Gasteiger partial charge in [0.25, 0.3) is 0 Å². The third-order valence-electron chi connectivity index (χ3n) is 0.856. The first-order valence-corrected chi connectivity index (χ1v) is 3.04. The van der Waals surface area contributed by atoms with Gasteiger partial charge in [-0.25, -0.2) is 4.79 Å². The average molecular weight is 141 g/mol. The molecule has 0 bridgehead atoms. The minimum absolute atomic E-state index is 0.330. The number of hydrogen-bond donors (Lipinski definition) is 0. The normalized spacial score (nSPS) is 10.8. The van der Waals surface area contributed by atoms with E-state index < -0.39 is 0 Å². The monoisotopic (exact) mass is 141 g/mol. The minimum atomic E-state index is -0.387. The summed E-state index contributed by atoms with van der Waals surface area (Å²) in [5.41, 5.74) is 0.330. The van der Waals surface area contributed by atoms with E-state index >= 15 is 0 Å². The van der Waals surface area contributed by atoms with Crippen LogP contribution >= 0.6 is 0 Å². The third-order valence-corrected chi connectivity index (χ3v) is 0.856. The van der Waals surface area contributed by atoms with Gasteiger partial charge in [0.1, 0.15) is 5.71 Å². The zero-order valence-corrected chi connectivity index (χ0v) is 6.26. The fourth-order valence-corrected chi connectivity index (χ4v) is 0.425. The molecule has 0 N–H and O–H groups in total. The van der Waals surface area contributed by atoms with Gasteiger partial charge in [0.05, 0.1) is 6.61 Å². The van der Waals surface area contributed by atoms with Crippen LogP contribution in [0.1, 0.15) is 13.8 Å². The van der Waals surface area contributed by atoms with E-state index in [4.69, 9.17) is 0 Å². The second-order valence-electron chi connectivity index (χ2n) is 1.62. The van der Waals surface area contributed by atoms with Gasteiger partial charge in [-0.1, -0.05) is 6.58 Å².